The third-order valence-electron chi connectivity index (χ3n) is 8.06. The van der Waals surface area contributed by atoms with Crippen LogP contribution < -0.4 is 4.74 Å². The molecule has 0 heterocycles. The van der Waals surface area contributed by atoms with Crippen LogP contribution in [-0.4, -0.2) is 42.6 Å². The lowest BCUT2D eigenvalue weighted by Gasteiger charge is -2.29. The lowest BCUT2D eigenvalue weighted by molar-refractivity contribution is -0.139. The number of halogens is 1. The molecular weight excluding hydrogens is 543 g/mol. The van der Waals surface area contributed by atoms with Crippen LogP contribution in [0.15, 0.2) is 72.8 Å². The number of carbonyl (C=O) groups excluding carboxylic acids is 1. The smallest absolute Gasteiger partial charge is 0.333 e. The van der Waals surface area contributed by atoms with E-state index in [2.05, 4.69) is 32.6 Å². The molecule has 0 aliphatic carbocycles. The van der Waals surface area contributed by atoms with Crippen molar-refractivity contribution in [1.29, 1.82) is 0 Å². The predicted octanol–water partition coefficient (Wildman–Crippen LogP) is 7.43. The first-order valence-electron chi connectivity index (χ1n) is 15.4. The first-order valence-corrected chi connectivity index (χ1v) is 15.4. The van der Waals surface area contributed by atoms with Gasteiger partial charge in [0.15, 0.2) is 0 Å². The lowest BCUT2D eigenvalue weighted by atomic mass is 9.80. The molecule has 0 unspecified atom stereocenters. The molecule has 0 aromatic heterocycles. The van der Waals surface area contributed by atoms with Crippen molar-refractivity contribution in [2.24, 2.45) is 5.41 Å². The molecule has 232 valence electrons. The standard InChI is InChI=1S/C37H47FO5/c1-5-19-37(25-39,26-40)20-7-8-29-13-17-33(31(6-2)23-29)34-18-14-30(24-35(34)38)10-9-28-11-15-32(16-12-28)42-21-22-43-36(41)27(3)4/h11-18,23-24,39-40H,3,5-10,19-22,25-26H2,1-2,4H3. The zero-order valence-corrected chi connectivity index (χ0v) is 26.0. The van der Waals surface area contributed by atoms with E-state index in [1.807, 2.05) is 42.5 Å². The summed E-state index contributed by atoms with van der Waals surface area (Å²) in [7, 11) is 0. The summed E-state index contributed by atoms with van der Waals surface area (Å²) in [4.78, 5) is 11.4. The average molecular weight is 591 g/mol. The van der Waals surface area contributed by atoms with Crippen molar-refractivity contribution in [2.45, 2.75) is 72.1 Å². The van der Waals surface area contributed by atoms with E-state index in [1.165, 1.54) is 5.56 Å². The summed E-state index contributed by atoms with van der Waals surface area (Å²) < 4.78 is 26.0. The summed E-state index contributed by atoms with van der Waals surface area (Å²) in [6.07, 6.45) is 6.56. The van der Waals surface area contributed by atoms with Crippen molar-refractivity contribution >= 4 is 5.97 Å². The minimum absolute atomic E-state index is 0.00474. The van der Waals surface area contributed by atoms with E-state index in [0.29, 0.717) is 16.9 Å². The fraction of sp³-hybridized carbons (Fsp3) is 0.432. The summed E-state index contributed by atoms with van der Waals surface area (Å²) in [6.45, 7) is 9.75. The predicted molar refractivity (Wildman–Crippen MR) is 171 cm³/mol. The van der Waals surface area contributed by atoms with E-state index in [0.717, 1.165) is 73.6 Å². The summed E-state index contributed by atoms with van der Waals surface area (Å²) >= 11 is 0. The normalized spacial score (nSPS) is 11.4. The maximum Gasteiger partial charge on any atom is 0.333 e. The maximum absolute atomic E-state index is 15.4. The number of ether oxygens (including phenoxy) is 2. The number of aryl methyl sites for hydroxylation is 4. The number of aliphatic hydroxyl groups excluding tert-OH is 2. The molecule has 43 heavy (non-hydrogen) atoms. The van der Waals surface area contributed by atoms with Crippen LogP contribution in [0.4, 0.5) is 4.39 Å². The van der Waals surface area contributed by atoms with Crippen molar-refractivity contribution in [1.82, 2.24) is 0 Å². The maximum atomic E-state index is 15.4. The van der Waals surface area contributed by atoms with Gasteiger partial charge in [0.25, 0.3) is 0 Å². The van der Waals surface area contributed by atoms with E-state index in [9.17, 15) is 15.0 Å². The number of aliphatic hydroxyl groups is 2. The summed E-state index contributed by atoms with van der Waals surface area (Å²) in [5, 5.41) is 19.7. The quantitative estimate of drug-likeness (QED) is 0.0915. The molecule has 0 saturated carbocycles. The fourth-order valence-corrected chi connectivity index (χ4v) is 5.44. The largest absolute Gasteiger partial charge is 0.490 e. The Morgan fingerprint density at radius 2 is 1.47 bits per heavy atom. The second-order valence-corrected chi connectivity index (χ2v) is 11.5. The van der Waals surface area contributed by atoms with E-state index in [4.69, 9.17) is 9.47 Å². The molecule has 0 spiro atoms. The molecule has 0 saturated heterocycles. The Labute approximate surface area is 256 Å². The SMILES string of the molecule is C=C(C)C(=O)OCCOc1ccc(CCc2ccc(-c3ccc(CCCC(CO)(CO)CCC)cc3CC)c(F)c2)cc1. The van der Waals surface area contributed by atoms with Gasteiger partial charge < -0.3 is 19.7 Å². The van der Waals surface area contributed by atoms with Gasteiger partial charge in [-0.3, -0.25) is 0 Å². The number of esters is 1. The Morgan fingerprint density at radius 3 is 2.07 bits per heavy atom. The van der Waals surface area contributed by atoms with Crippen molar-refractivity contribution in [3.63, 3.8) is 0 Å². The molecule has 0 aliphatic rings. The first-order chi connectivity index (χ1) is 20.7. The number of hydrogen-bond acceptors (Lipinski definition) is 5. The highest BCUT2D eigenvalue weighted by Gasteiger charge is 2.27. The molecule has 3 aromatic carbocycles. The summed E-state index contributed by atoms with van der Waals surface area (Å²) in [5.41, 5.74) is 5.87. The zero-order valence-electron chi connectivity index (χ0n) is 26.0. The van der Waals surface area contributed by atoms with Crippen LogP contribution in [0.25, 0.3) is 11.1 Å². The van der Waals surface area contributed by atoms with Gasteiger partial charge in [0, 0.05) is 16.6 Å². The topological polar surface area (TPSA) is 76.0 Å². The minimum Gasteiger partial charge on any atom is -0.490 e. The van der Waals surface area contributed by atoms with E-state index in [1.54, 1.807) is 13.0 Å². The van der Waals surface area contributed by atoms with Gasteiger partial charge in [-0.25, -0.2) is 9.18 Å². The van der Waals surface area contributed by atoms with Crippen molar-refractivity contribution in [3.8, 4) is 16.9 Å². The molecule has 0 bridgehead atoms. The van der Waals surface area contributed by atoms with Crippen LogP contribution in [0.1, 0.15) is 68.7 Å². The second-order valence-electron chi connectivity index (χ2n) is 11.5. The minimum atomic E-state index is -0.424. The van der Waals surface area contributed by atoms with E-state index >= 15 is 4.39 Å². The van der Waals surface area contributed by atoms with Crippen LogP contribution in [0.2, 0.25) is 0 Å². The van der Waals surface area contributed by atoms with Gasteiger partial charge in [-0.2, -0.15) is 0 Å². The van der Waals surface area contributed by atoms with Gasteiger partial charge in [0.2, 0.25) is 0 Å². The van der Waals surface area contributed by atoms with E-state index in [-0.39, 0.29) is 32.2 Å². The molecule has 0 amide bonds. The third-order valence-corrected chi connectivity index (χ3v) is 8.06. The van der Waals surface area contributed by atoms with Crippen molar-refractivity contribution < 1.29 is 28.9 Å². The number of hydrogen-bond donors (Lipinski definition) is 2. The average Bonchev–Trinajstić information content (AvgIpc) is 3.02. The van der Waals surface area contributed by atoms with Crippen LogP contribution in [0, 0.1) is 11.2 Å². The van der Waals surface area contributed by atoms with Crippen LogP contribution in [0.3, 0.4) is 0 Å². The van der Waals surface area contributed by atoms with Crippen LogP contribution in [0.5, 0.6) is 5.75 Å². The summed E-state index contributed by atoms with van der Waals surface area (Å²) in [5.74, 6) is 0.0567. The molecule has 0 radical (unpaired) electrons. The van der Waals surface area contributed by atoms with Gasteiger partial charge in [-0.05, 0) is 97.9 Å². The van der Waals surface area contributed by atoms with E-state index < -0.39 is 11.4 Å². The Morgan fingerprint density at radius 1 is 0.837 bits per heavy atom. The van der Waals surface area contributed by atoms with Gasteiger partial charge in [0.05, 0.1) is 13.2 Å². The molecule has 0 atom stereocenters. The van der Waals surface area contributed by atoms with Gasteiger partial charge in [-0.15, -0.1) is 0 Å². The van der Waals surface area contributed by atoms with Crippen molar-refractivity contribution in [2.75, 3.05) is 26.4 Å². The molecule has 3 rings (SSSR count). The summed E-state index contributed by atoms with van der Waals surface area (Å²) in [6, 6.07) is 19.6. The second kappa shape index (κ2) is 17.0. The Balaban J connectivity index is 1.56. The highest BCUT2D eigenvalue weighted by atomic mass is 19.1. The lowest BCUT2D eigenvalue weighted by Crippen LogP contribution is -2.29. The van der Waals surface area contributed by atoms with Crippen LogP contribution >= 0.6 is 0 Å². The zero-order chi connectivity index (χ0) is 31.2. The molecule has 5 nitrogen and oxygen atoms in total. The fourth-order valence-electron chi connectivity index (χ4n) is 5.44. The molecule has 0 fully saturated rings. The van der Waals surface area contributed by atoms with Crippen molar-refractivity contribution in [3.05, 3.63) is 101 Å². The highest BCUT2D eigenvalue weighted by molar-refractivity contribution is 5.86. The molecule has 0 aliphatic heterocycles. The van der Waals surface area contributed by atoms with Crippen LogP contribution in [-0.2, 0) is 35.2 Å². The Bertz CT molecular complexity index is 1330. The number of rotatable bonds is 18. The molecule has 3 aromatic rings. The number of benzene rings is 3. The van der Waals surface area contributed by atoms with Gasteiger partial charge in [-0.1, -0.05) is 69.3 Å². The first kappa shape index (κ1) is 34.0. The Hall–Kier alpha value is -3.48. The Kier molecular flexibility index (Phi) is 13.4. The highest BCUT2D eigenvalue weighted by Crippen LogP contribution is 2.32. The van der Waals surface area contributed by atoms with Gasteiger partial charge in [0.1, 0.15) is 24.8 Å². The monoisotopic (exact) mass is 590 g/mol. The van der Waals surface area contributed by atoms with Gasteiger partial charge >= 0.3 is 5.97 Å². The molecule has 6 heteroatoms. The number of carbonyl (C=O) groups is 1. The molecular formula is C37H47FO5. The third kappa shape index (κ3) is 10.0. The molecule has 2 N–H and O–H groups in total.